The number of aryl methyl sites for hydroxylation is 1. The molecule has 2 aliphatic rings. The van der Waals surface area contributed by atoms with Crippen molar-refractivity contribution >= 4 is 11.6 Å². The number of benzene rings is 3. The van der Waals surface area contributed by atoms with E-state index in [2.05, 4.69) is 62.5 Å². The number of halogens is 1. The number of nitrogens with zero attached hydrogens (tertiary/aromatic N) is 2. The van der Waals surface area contributed by atoms with Gasteiger partial charge in [-0.1, -0.05) is 48.0 Å². The van der Waals surface area contributed by atoms with Crippen LogP contribution >= 0.6 is 0 Å². The number of quaternary nitrogens is 1. The van der Waals surface area contributed by atoms with E-state index in [0.29, 0.717) is 11.5 Å². The zero-order valence-electron chi connectivity index (χ0n) is 18.1. The van der Waals surface area contributed by atoms with E-state index in [-0.39, 0.29) is 17.8 Å². The highest BCUT2D eigenvalue weighted by Crippen LogP contribution is 2.47. The molecule has 3 aromatic rings. The SMILES string of the molecule is Cc1ccc2c(c1)[C@@H]1C[N@@+](C)(Cc3ccccc3)CC[C@H]1N2C(=O)c1ccc(F)cc1. The van der Waals surface area contributed by atoms with Gasteiger partial charge in [-0.05, 0) is 42.8 Å². The number of rotatable bonds is 3. The smallest absolute Gasteiger partial charge is 0.258 e. The lowest BCUT2D eigenvalue weighted by Gasteiger charge is -2.44. The van der Waals surface area contributed by atoms with Gasteiger partial charge in [0.1, 0.15) is 12.4 Å². The fourth-order valence-corrected chi connectivity index (χ4v) is 5.48. The second-order valence-corrected chi connectivity index (χ2v) is 9.38. The minimum absolute atomic E-state index is 0.0308. The fraction of sp³-hybridized carbons (Fsp3) is 0.296. The molecule has 1 fully saturated rings. The molecule has 0 N–H and O–H groups in total. The van der Waals surface area contributed by atoms with E-state index in [9.17, 15) is 9.18 Å². The molecule has 0 bridgehead atoms. The van der Waals surface area contributed by atoms with Gasteiger partial charge in [-0.15, -0.1) is 0 Å². The molecule has 3 atom stereocenters. The largest absolute Gasteiger partial charge is 0.322 e. The lowest BCUT2D eigenvalue weighted by Crippen LogP contribution is -2.56. The van der Waals surface area contributed by atoms with Crippen LogP contribution < -0.4 is 4.90 Å². The van der Waals surface area contributed by atoms with Crippen LogP contribution in [0.25, 0.3) is 0 Å². The van der Waals surface area contributed by atoms with E-state index in [4.69, 9.17) is 0 Å². The molecule has 0 unspecified atom stereocenters. The van der Waals surface area contributed by atoms with Gasteiger partial charge in [0.2, 0.25) is 0 Å². The first kappa shape index (κ1) is 20.0. The average molecular weight is 416 g/mol. The minimum Gasteiger partial charge on any atom is -0.322 e. The number of amides is 1. The topological polar surface area (TPSA) is 20.3 Å². The molecule has 0 aliphatic carbocycles. The molecule has 2 aliphatic heterocycles. The molecule has 4 heteroatoms. The Labute approximate surface area is 183 Å². The van der Waals surface area contributed by atoms with E-state index in [1.165, 1.54) is 28.8 Å². The fourth-order valence-electron chi connectivity index (χ4n) is 5.48. The second kappa shape index (κ2) is 7.61. The van der Waals surface area contributed by atoms with Crippen LogP contribution in [0, 0.1) is 12.7 Å². The molecule has 1 amide bonds. The summed E-state index contributed by atoms with van der Waals surface area (Å²) in [6.45, 7) is 5.14. The van der Waals surface area contributed by atoms with Crippen LogP contribution in [0.15, 0.2) is 72.8 Å². The Morgan fingerprint density at radius 1 is 1.06 bits per heavy atom. The molecule has 2 heterocycles. The van der Waals surface area contributed by atoms with Crippen molar-refractivity contribution in [1.82, 2.24) is 0 Å². The first-order valence-corrected chi connectivity index (χ1v) is 11.0. The van der Waals surface area contributed by atoms with Crippen molar-refractivity contribution < 1.29 is 13.7 Å². The van der Waals surface area contributed by atoms with Crippen LogP contribution in [-0.2, 0) is 6.54 Å². The van der Waals surface area contributed by atoms with Gasteiger partial charge in [-0.2, -0.15) is 0 Å². The first-order chi connectivity index (χ1) is 14.9. The van der Waals surface area contributed by atoms with Crippen LogP contribution in [0.2, 0.25) is 0 Å². The number of fused-ring (bicyclic) bond motifs is 3. The van der Waals surface area contributed by atoms with Crippen molar-refractivity contribution in [3.63, 3.8) is 0 Å². The molecule has 0 radical (unpaired) electrons. The van der Waals surface area contributed by atoms with E-state index in [0.717, 1.165) is 36.2 Å². The summed E-state index contributed by atoms with van der Waals surface area (Å²) in [5.74, 6) is -0.0444. The number of hydrogen-bond donors (Lipinski definition) is 0. The lowest BCUT2D eigenvalue weighted by molar-refractivity contribution is -0.928. The number of piperidine rings is 1. The number of hydrogen-bond acceptors (Lipinski definition) is 1. The Bertz CT molecular complexity index is 1110. The van der Waals surface area contributed by atoms with Crippen LogP contribution in [0.4, 0.5) is 10.1 Å². The third kappa shape index (κ3) is 3.66. The summed E-state index contributed by atoms with van der Waals surface area (Å²) in [7, 11) is 2.34. The van der Waals surface area contributed by atoms with E-state index < -0.39 is 0 Å². The standard InChI is InChI=1S/C27H28FN2O/c1-19-8-13-25-23(16-19)24-18-30(2,17-20-6-4-3-5-7-20)15-14-26(24)29(25)27(31)21-9-11-22(28)12-10-21/h3-13,16,24,26H,14-15,17-18H2,1-2H3/q+1/t24-,26+,30+/m0/s1. The number of likely N-dealkylation sites (tertiary alicyclic amines) is 1. The maximum Gasteiger partial charge on any atom is 0.258 e. The van der Waals surface area contributed by atoms with Crippen LogP contribution in [0.1, 0.15) is 39.4 Å². The maximum atomic E-state index is 13.5. The van der Waals surface area contributed by atoms with Gasteiger partial charge in [0.05, 0.1) is 32.1 Å². The summed E-state index contributed by atoms with van der Waals surface area (Å²) in [4.78, 5) is 15.5. The molecular weight excluding hydrogens is 387 g/mol. The van der Waals surface area contributed by atoms with Gasteiger partial charge in [0.25, 0.3) is 5.91 Å². The normalized spacial score (nSPS) is 24.5. The predicted octanol–water partition coefficient (Wildman–Crippen LogP) is 5.30. The molecule has 3 aromatic carbocycles. The van der Waals surface area contributed by atoms with Crippen LogP contribution in [0.5, 0.6) is 0 Å². The summed E-state index contributed by atoms with van der Waals surface area (Å²) in [5, 5.41) is 0. The molecule has 0 aromatic heterocycles. The van der Waals surface area contributed by atoms with Gasteiger partial charge < -0.3 is 9.38 Å². The van der Waals surface area contributed by atoms with Crippen LogP contribution in [-0.4, -0.2) is 36.6 Å². The molecule has 3 nitrogen and oxygen atoms in total. The van der Waals surface area contributed by atoms with Crippen LogP contribution in [0.3, 0.4) is 0 Å². The van der Waals surface area contributed by atoms with Crippen molar-refractivity contribution in [3.05, 3.63) is 101 Å². The highest BCUT2D eigenvalue weighted by molar-refractivity contribution is 6.08. The zero-order valence-corrected chi connectivity index (χ0v) is 18.1. The van der Waals surface area contributed by atoms with Gasteiger partial charge in [-0.3, -0.25) is 4.79 Å². The zero-order chi connectivity index (χ0) is 21.6. The number of likely N-dealkylation sites (N-methyl/N-ethyl adjacent to an activating group) is 1. The van der Waals surface area contributed by atoms with E-state index >= 15 is 0 Å². The van der Waals surface area contributed by atoms with Gasteiger partial charge in [0, 0.05) is 23.2 Å². The summed E-state index contributed by atoms with van der Waals surface area (Å²) in [5.41, 5.74) is 5.41. The van der Waals surface area contributed by atoms with Crippen molar-refractivity contribution in [2.45, 2.75) is 31.8 Å². The van der Waals surface area contributed by atoms with Gasteiger partial charge >= 0.3 is 0 Å². The maximum absolute atomic E-state index is 13.5. The third-order valence-electron chi connectivity index (χ3n) is 6.96. The molecule has 31 heavy (non-hydrogen) atoms. The Hall–Kier alpha value is -2.98. The predicted molar refractivity (Wildman–Crippen MR) is 122 cm³/mol. The highest BCUT2D eigenvalue weighted by Gasteiger charge is 2.49. The van der Waals surface area contributed by atoms with E-state index in [1.54, 1.807) is 12.1 Å². The second-order valence-electron chi connectivity index (χ2n) is 9.38. The number of carbonyl (C=O) groups is 1. The summed E-state index contributed by atoms with van der Waals surface area (Å²) in [6, 6.07) is 23.2. The summed E-state index contributed by atoms with van der Waals surface area (Å²) < 4.78 is 14.4. The highest BCUT2D eigenvalue weighted by atomic mass is 19.1. The Morgan fingerprint density at radius 3 is 2.55 bits per heavy atom. The molecule has 5 rings (SSSR count). The van der Waals surface area contributed by atoms with E-state index in [1.807, 2.05) is 4.90 Å². The Kier molecular flexibility index (Phi) is 4.90. The molecule has 0 spiro atoms. The van der Waals surface area contributed by atoms with Crippen molar-refractivity contribution in [3.8, 4) is 0 Å². The third-order valence-corrected chi connectivity index (χ3v) is 6.96. The molecule has 158 valence electrons. The Morgan fingerprint density at radius 2 is 1.81 bits per heavy atom. The van der Waals surface area contributed by atoms with Crippen molar-refractivity contribution in [2.24, 2.45) is 0 Å². The molecule has 1 saturated heterocycles. The van der Waals surface area contributed by atoms with Gasteiger partial charge in [-0.25, -0.2) is 4.39 Å². The number of carbonyl (C=O) groups excluding carboxylic acids is 1. The van der Waals surface area contributed by atoms with Crippen molar-refractivity contribution in [1.29, 1.82) is 0 Å². The Balaban J connectivity index is 1.49. The summed E-state index contributed by atoms with van der Waals surface area (Å²) >= 11 is 0. The van der Waals surface area contributed by atoms with Gasteiger partial charge in [0.15, 0.2) is 0 Å². The quantitative estimate of drug-likeness (QED) is 0.532. The monoisotopic (exact) mass is 415 g/mol. The molecular formula is C27H28FN2O+. The van der Waals surface area contributed by atoms with Crippen molar-refractivity contribution in [2.75, 3.05) is 25.0 Å². The first-order valence-electron chi connectivity index (χ1n) is 11.0. The summed E-state index contributed by atoms with van der Waals surface area (Å²) in [6.07, 6.45) is 0.953. The minimum atomic E-state index is -0.321. The average Bonchev–Trinajstić information content (AvgIpc) is 3.06. The molecule has 0 saturated carbocycles. The lowest BCUT2D eigenvalue weighted by atomic mass is 9.87. The number of anilines is 1.